The number of tetrazole rings is 1. The van der Waals surface area contributed by atoms with Gasteiger partial charge in [0.15, 0.2) is 0 Å². The Labute approximate surface area is 252 Å². The lowest BCUT2D eigenvalue weighted by Gasteiger charge is -2.06. The molecule has 0 aliphatic heterocycles. The van der Waals surface area contributed by atoms with Crippen LogP contribution in [-0.4, -0.2) is 32.8 Å². The van der Waals surface area contributed by atoms with Gasteiger partial charge in [-0.05, 0) is 66.1 Å². The Morgan fingerprint density at radius 1 is 0.714 bits per heavy atom. The number of carbonyl (C=O) groups is 1. The minimum absolute atomic E-state index is 0.434. The van der Waals surface area contributed by atoms with Crippen LogP contribution in [0, 0.1) is 0 Å². The van der Waals surface area contributed by atoms with Crippen molar-refractivity contribution >= 4 is 12.0 Å². The number of esters is 1. The van der Waals surface area contributed by atoms with Gasteiger partial charge in [-0.25, -0.2) is 4.79 Å². The van der Waals surface area contributed by atoms with E-state index in [2.05, 4.69) is 29.3 Å². The molecule has 0 fully saturated rings. The van der Waals surface area contributed by atoms with Gasteiger partial charge >= 0.3 is 5.97 Å². The number of hydrogen-bond donors (Lipinski definition) is 0. The summed E-state index contributed by atoms with van der Waals surface area (Å²) >= 11 is 0. The highest BCUT2D eigenvalue weighted by atomic mass is 16.5. The maximum Gasteiger partial charge on any atom is 0.336 e. The standard InChI is InChI=1S/C35H50N4O3/c1-3-5-7-9-11-13-15-17-29-41-32-23-18-30(19-24-32)20-27-34(40)42-33-25-21-31(22-26-33)35-36-38-39(37-35)28-16-14-12-10-8-6-4-2/h18-27H,3-17,28-29H2,1-2H3/b27-20+. The first-order valence-corrected chi connectivity index (χ1v) is 16.2. The Kier molecular flexibility index (Phi) is 16.0. The molecule has 3 aromatic rings. The minimum atomic E-state index is -0.434. The number of aromatic nitrogens is 4. The normalized spacial score (nSPS) is 11.3. The van der Waals surface area contributed by atoms with Crippen molar-refractivity contribution in [1.29, 1.82) is 0 Å². The van der Waals surface area contributed by atoms with E-state index in [-0.39, 0.29) is 0 Å². The molecule has 0 saturated heterocycles. The van der Waals surface area contributed by atoms with Gasteiger partial charge in [-0.1, -0.05) is 109 Å². The molecule has 0 bridgehead atoms. The molecule has 0 N–H and O–H groups in total. The van der Waals surface area contributed by atoms with Crippen LogP contribution in [0.15, 0.2) is 54.6 Å². The average Bonchev–Trinajstić information content (AvgIpc) is 3.49. The van der Waals surface area contributed by atoms with Crippen LogP contribution in [0.1, 0.15) is 116 Å². The predicted molar refractivity (Wildman–Crippen MR) is 170 cm³/mol. The number of hydrogen-bond acceptors (Lipinski definition) is 6. The Hall–Kier alpha value is -3.48. The second-order valence-corrected chi connectivity index (χ2v) is 11.0. The number of rotatable bonds is 22. The van der Waals surface area contributed by atoms with E-state index in [1.165, 1.54) is 89.5 Å². The summed E-state index contributed by atoms with van der Waals surface area (Å²) in [7, 11) is 0. The Morgan fingerprint density at radius 2 is 1.29 bits per heavy atom. The first kappa shape index (κ1) is 33.0. The lowest BCUT2D eigenvalue weighted by atomic mass is 10.1. The van der Waals surface area contributed by atoms with Crippen molar-refractivity contribution in [2.24, 2.45) is 0 Å². The fraction of sp³-hybridized carbons (Fsp3) is 0.543. The van der Waals surface area contributed by atoms with Crippen molar-refractivity contribution in [1.82, 2.24) is 20.2 Å². The molecule has 7 heteroatoms. The van der Waals surface area contributed by atoms with Crippen LogP contribution in [0.3, 0.4) is 0 Å². The van der Waals surface area contributed by atoms with E-state index >= 15 is 0 Å². The Balaban J connectivity index is 1.33. The van der Waals surface area contributed by atoms with Gasteiger partial charge in [-0.3, -0.25) is 0 Å². The van der Waals surface area contributed by atoms with Crippen molar-refractivity contribution in [3.63, 3.8) is 0 Å². The molecule has 0 radical (unpaired) electrons. The molecule has 0 atom stereocenters. The van der Waals surface area contributed by atoms with Crippen LogP contribution >= 0.6 is 0 Å². The van der Waals surface area contributed by atoms with Crippen molar-refractivity contribution in [2.45, 2.75) is 117 Å². The molecule has 0 aliphatic rings. The highest BCUT2D eigenvalue weighted by Gasteiger charge is 2.08. The minimum Gasteiger partial charge on any atom is -0.494 e. The van der Waals surface area contributed by atoms with E-state index in [4.69, 9.17) is 9.47 Å². The van der Waals surface area contributed by atoms with E-state index in [1.54, 1.807) is 23.0 Å². The molecule has 0 saturated carbocycles. The van der Waals surface area contributed by atoms with Crippen molar-refractivity contribution in [2.75, 3.05) is 6.61 Å². The Bertz CT molecular complexity index is 1160. The topological polar surface area (TPSA) is 79.1 Å². The van der Waals surface area contributed by atoms with Gasteiger partial charge in [0.2, 0.25) is 5.82 Å². The lowest BCUT2D eigenvalue weighted by molar-refractivity contribution is -0.128. The van der Waals surface area contributed by atoms with E-state index in [0.29, 0.717) is 11.6 Å². The van der Waals surface area contributed by atoms with Crippen LogP contribution in [0.4, 0.5) is 0 Å². The largest absolute Gasteiger partial charge is 0.494 e. The summed E-state index contributed by atoms with van der Waals surface area (Å²) in [4.78, 5) is 14.0. The van der Waals surface area contributed by atoms with Gasteiger partial charge in [-0.15, -0.1) is 10.2 Å². The molecule has 0 amide bonds. The van der Waals surface area contributed by atoms with E-state index < -0.39 is 5.97 Å². The van der Waals surface area contributed by atoms with Gasteiger partial charge in [-0.2, -0.15) is 4.80 Å². The van der Waals surface area contributed by atoms with E-state index in [9.17, 15) is 4.79 Å². The molecule has 1 heterocycles. The summed E-state index contributed by atoms with van der Waals surface area (Å²) in [6.45, 7) is 6.00. The van der Waals surface area contributed by atoms with E-state index in [0.717, 1.165) is 42.9 Å². The van der Waals surface area contributed by atoms with Gasteiger partial charge < -0.3 is 9.47 Å². The van der Waals surface area contributed by atoms with Crippen LogP contribution < -0.4 is 9.47 Å². The second-order valence-electron chi connectivity index (χ2n) is 11.0. The number of aryl methyl sites for hydroxylation is 1. The SMILES string of the molecule is CCCCCCCCCCOc1ccc(/C=C/C(=O)Oc2ccc(-c3nnn(CCCCCCCCC)n3)cc2)cc1. The third-order valence-electron chi connectivity index (χ3n) is 7.30. The van der Waals surface area contributed by atoms with Gasteiger partial charge in [0, 0.05) is 11.6 Å². The fourth-order valence-corrected chi connectivity index (χ4v) is 4.75. The third kappa shape index (κ3) is 13.5. The number of nitrogens with zero attached hydrogens (tertiary/aromatic N) is 4. The highest BCUT2D eigenvalue weighted by Crippen LogP contribution is 2.20. The van der Waals surface area contributed by atoms with Crippen LogP contribution in [0.5, 0.6) is 11.5 Å². The fourth-order valence-electron chi connectivity index (χ4n) is 4.75. The summed E-state index contributed by atoms with van der Waals surface area (Å²) in [5.41, 5.74) is 1.74. The zero-order valence-electron chi connectivity index (χ0n) is 25.8. The average molecular weight is 575 g/mol. The summed E-state index contributed by atoms with van der Waals surface area (Å²) in [5, 5.41) is 12.9. The van der Waals surface area contributed by atoms with Gasteiger partial charge in [0.1, 0.15) is 11.5 Å². The number of carbonyl (C=O) groups excluding carboxylic acids is 1. The molecule has 0 spiro atoms. The number of ether oxygens (including phenoxy) is 2. The van der Waals surface area contributed by atoms with Crippen LogP contribution in [0.2, 0.25) is 0 Å². The lowest BCUT2D eigenvalue weighted by Crippen LogP contribution is -2.03. The first-order chi connectivity index (χ1) is 20.7. The predicted octanol–water partition coefficient (Wildman–Crippen LogP) is 9.23. The molecule has 0 unspecified atom stereocenters. The zero-order chi connectivity index (χ0) is 29.7. The summed E-state index contributed by atoms with van der Waals surface area (Å²) in [5.74, 6) is 1.45. The van der Waals surface area contributed by atoms with E-state index in [1.807, 2.05) is 36.4 Å². The highest BCUT2D eigenvalue weighted by molar-refractivity contribution is 5.88. The second kappa shape index (κ2) is 20.4. The van der Waals surface area contributed by atoms with Crippen LogP contribution in [-0.2, 0) is 11.3 Å². The number of unbranched alkanes of at least 4 members (excludes halogenated alkanes) is 13. The molecule has 0 aliphatic carbocycles. The summed E-state index contributed by atoms with van der Waals surface area (Å²) in [6.07, 6.45) is 22.2. The van der Waals surface area contributed by atoms with Crippen LogP contribution in [0.25, 0.3) is 17.5 Å². The summed E-state index contributed by atoms with van der Waals surface area (Å²) in [6, 6.07) is 14.9. The molecule has 7 nitrogen and oxygen atoms in total. The summed E-state index contributed by atoms with van der Waals surface area (Å²) < 4.78 is 11.3. The molecule has 3 rings (SSSR count). The molecular formula is C35H50N4O3. The van der Waals surface area contributed by atoms with Crippen molar-refractivity contribution < 1.29 is 14.3 Å². The van der Waals surface area contributed by atoms with Gasteiger partial charge in [0.25, 0.3) is 0 Å². The zero-order valence-corrected chi connectivity index (χ0v) is 25.8. The third-order valence-corrected chi connectivity index (χ3v) is 7.30. The molecule has 1 aromatic heterocycles. The monoisotopic (exact) mass is 574 g/mol. The quantitative estimate of drug-likeness (QED) is 0.0515. The molecule has 228 valence electrons. The van der Waals surface area contributed by atoms with Crippen molar-refractivity contribution in [3.8, 4) is 22.9 Å². The molecular weight excluding hydrogens is 524 g/mol. The molecule has 42 heavy (non-hydrogen) atoms. The maximum absolute atomic E-state index is 12.3. The Morgan fingerprint density at radius 3 is 1.93 bits per heavy atom. The molecule has 2 aromatic carbocycles. The van der Waals surface area contributed by atoms with Gasteiger partial charge in [0.05, 0.1) is 13.2 Å². The number of benzene rings is 2. The van der Waals surface area contributed by atoms with Crippen molar-refractivity contribution in [3.05, 3.63) is 60.2 Å². The first-order valence-electron chi connectivity index (χ1n) is 16.2. The smallest absolute Gasteiger partial charge is 0.336 e. The maximum atomic E-state index is 12.3.